The van der Waals surface area contributed by atoms with Crippen LogP contribution in [0.5, 0.6) is 0 Å². The number of carbonyl (C=O) groups is 1. The monoisotopic (exact) mass is 142 g/mol. The summed E-state index contributed by atoms with van der Waals surface area (Å²) in [5, 5.41) is 8.73. The van der Waals surface area contributed by atoms with E-state index < -0.39 is 11.4 Å². The lowest BCUT2D eigenvalue weighted by molar-refractivity contribution is -0.143. The van der Waals surface area contributed by atoms with Gasteiger partial charge >= 0.3 is 5.97 Å². The zero-order chi connectivity index (χ0) is 7.94. The van der Waals surface area contributed by atoms with Gasteiger partial charge in [-0.1, -0.05) is 13.8 Å². The van der Waals surface area contributed by atoms with Crippen molar-refractivity contribution in [2.24, 2.45) is 17.3 Å². The molecule has 2 atom stereocenters. The maximum absolute atomic E-state index is 10.6. The highest BCUT2D eigenvalue weighted by Crippen LogP contribution is 2.56. The number of carboxylic acids is 1. The summed E-state index contributed by atoms with van der Waals surface area (Å²) in [6.45, 7) is 6.00. The van der Waals surface area contributed by atoms with Gasteiger partial charge in [-0.25, -0.2) is 0 Å². The Kier molecular flexibility index (Phi) is 1.50. The van der Waals surface area contributed by atoms with E-state index >= 15 is 0 Å². The maximum atomic E-state index is 10.6. The van der Waals surface area contributed by atoms with Crippen LogP contribution in [0.1, 0.15) is 27.2 Å². The minimum atomic E-state index is -0.633. The molecule has 0 spiro atoms. The summed E-state index contributed by atoms with van der Waals surface area (Å²) in [5.41, 5.74) is -0.395. The minimum Gasteiger partial charge on any atom is -0.481 e. The molecule has 1 aliphatic rings. The van der Waals surface area contributed by atoms with Crippen molar-refractivity contribution in [3.05, 3.63) is 0 Å². The van der Waals surface area contributed by atoms with Crippen molar-refractivity contribution < 1.29 is 9.90 Å². The van der Waals surface area contributed by atoms with E-state index in [9.17, 15) is 4.79 Å². The zero-order valence-corrected chi connectivity index (χ0v) is 6.72. The van der Waals surface area contributed by atoms with Gasteiger partial charge in [-0.05, 0) is 25.2 Å². The molecule has 0 aliphatic heterocycles. The van der Waals surface area contributed by atoms with Crippen molar-refractivity contribution in [2.45, 2.75) is 27.2 Å². The third kappa shape index (κ3) is 0.917. The van der Waals surface area contributed by atoms with E-state index in [2.05, 4.69) is 13.8 Å². The highest BCUT2D eigenvalue weighted by atomic mass is 16.4. The van der Waals surface area contributed by atoms with Crippen molar-refractivity contribution in [1.29, 1.82) is 0 Å². The lowest BCUT2D eigenvalue weighted by Crippen LogP contribution is -2.14. The van der Waals surface area contributed by atoms with Gasteiger partial charge in [-0.3, -0.25) is 4.79 Å². The minimum absolute atomic E-state index is 0.395. The Balaban J connectivity index is 2.56. The van der Waals surface area contributed by atoms with Crippen molar-refractivity contribution in [1.82, 2.24) is 0 Å². The Morgan fingerprint density at radius 2 is 2.20 bits per heavy atom. The van der Waals surface area contributed by atoms with Crippen LogP contribution >= 0.6 is 0 Å². The van der Waals surface area contributed by atoms with Crippen LogP contribution in [0.2, 0.25) is 0 Å². The Bertz CT molecular complexity index is 163. The highest BCUT2D eigenvalue weighted by Gasteiger charge is 2.57. The largest absolute Gasteiger partial charge is 0.481 e. The van der Waals surface area contributed by atoms with Crippen LogP contribution in [0, 0.1) is 17.3 Å². The molecule has 1 rings (SSSR count). The Morgan fingerprint density at radius 1 is 1.70 bits per heavy atom. The van der Waals surface area contributed by atoms with Gasteiger partial charge in [-0.15, -0.1) is 0 Å². The molecule has 0 saturated heterocycles. The molecular formula is C8H14O2. The van der Waals surface area contributed by atoms with Gasteiger partial charge < -0.3 is 5.11 Å². The smallest absolute Gasteiger partial charge is 0.309 e. The van der Waals surface area contributed by atoms with Gasteiger partial charge in [-0.2, -0.15) is 0 Å². The summed E-state index contributed by atoms with van der Waals surface area (Å²) in [4.78, 5) is 10.6. The molecule has 2 nitrogen and oxygen atoms in total. The second-order valence-corrected chi connectivity index (χ2v) is 3.78. The van der Waals surface area contributed by atoms with Crippen LogP contribution in [-0.2, 0) is 4.79 Å². The molecule has 1 fully saturated rings. The lowest BCUT2D eigenvalue weighted by Gasteiger charge is -2.06. The van der Waals surface area contributed by atoms with Crippen LogP contribution in [-0.4, -0.2) is 11.1 Å². The normalized spacial score (nSPS) is 38.2. The topological polar surface area (TPSA) is 37.3 Å². The van der Waals surface area contributed by atoms with Gasteiger partial charge in [0, 0.05) is 0 Å². The predicted molar refractivity (Wildman–Crippen MR) is 38.7 cm³/mol. The summed E-state index contributed by atoms with van der Waals surface area (Å²) in [6.07, 6.45) is 0.861. The molecule has 0 bridgehead atoms. The highest BCUT2D eigenvalue weighted by molar-refractivity contribution is 5.78. The molecular weight excluding hydrogens is 128 g/mol. The SMILES string of the molecule is CC(C)C1CC1(C)C(=O)O. The fraction of sp³-hybridized carbons (Fsp3) is 0.875. The number of aliphatic carboxylic acids is 1. The van der Waals surface area contributed by atoms with Crippen molar-refractivity contribution >= 4 is 5.97 Å². The molecule has 0 heterocycles. The second kappa shape index (κ2) is 1.97. The summed E-state index contributed by atoms with van der Waals surface area (Å²) in [6, 6.07) is 0. The van der Waals surface area contributed by atoms with Gasteiger partial charge in [0.1, 0.15) is 0 Å². The summed E-state index contributed by atoms with van der Waals surface area (Å²) in [7, 11) is 0. The molecule has 0 radical (unpaired) electrons. The average Bonchev–Trinajstić information content (AvgIpc) is 2.43. The fourth-order valence-corrected chi connectivity index (χ4v) is 1.62. The van der Waals surface area contributed by atoms with E-state index in [1.807, 2.05) is 6.92 Å². The molecule has 2 heteroatoms. The summed E-state index contributed by atoms with van der Waals surface area (Å²) < 4.78 is 0. The molecule has 0 aromatic carbocycles. The third-order valence-corrected chi connectivity index (χ3v) is 2.60. The van der Waals surface area contributed by atoms with Crippen LogP contribution in [0.3, 0.4) is 0 Å². The van der Waals surface area contributed by atoms with E-state index in [1.165, 1.54) is 0 Å². The lowest BCUT2D eigenvalue weighted by atomic mass is 9.99. The first kappa shape index (κ1) is 7.58. The Labute approximate surface area is 61.2 Å². The number of carboxylic acid groups (broad SMARTS) is 1. The van der Waals surface area contributed by atoms with Crippen molar-refractivity contribution in [3.63, 3.8) is 0 Å². The number of hydrogen-bond acceptors (Lipinski definition) is 1. The molecule has 58 valence electrons. The molecule has 1 aliphatic carbocycles. The van der Waals surface area contributed by atoms with E-state index in [0.29, 0.717) is 11.8 Å². The van der Waals surface area contributed by atoms with Gasteiger partial charge in [0.25, 0.3) is 0 Å². The first-order chi connectivity index (χ1) is 4.48. The van der Waals surface area contributed by atoms with Gasteiger partial charge in [0.05, 0.1) is 5.41 Å². The van der Waals surface area contributed by atoms with E-state index in [4.69, 9.17) is 5.11 Å². The Morgan fingerprint density at radius 3 is 2.30 bits per heavy atom. The van der Waals surface area contributed by atoms with Gasteiger partial charge in [0.15, 0.2) is 0 Å². The van der Waals surface area contributed by atoms with E-state index in [1.54, 1.807) is 0 Å². The van der Waals surface area contributed by atoms with Crippen LogP contribution in [0.15, 0.2) is 0 Å². The molecule has 1 N–H and O–H groups in total. The standard InChI is InChI=1S/C8H14O2/c1-5(2)6-4-8(6,3)7(9)10/h5-6H,4H2,1-3H3,(H,9,10). The van der Waals surface area contributed by atoms with E-state index in [-0.39, 0.29) is 0 Å². The molecule has 10 heavy (non-hydrogen) atoms. The molecule has 1 saturated carbocycles. The summed E-state index contributed by atoms with van der Waals surface area (Å²) >= 11 is 0. The van der Waals surface area contributed by atoms with Crippen LogP contribution < -0.4 is 0 Å². The number of hydrogen-bond donors (Lipinski definition) is 1. The molecule has 0 amide bonds. The van der Waals surface area contributed by atoms with Gasteiger partial charge in [0.2, 0.25) is 0 Å². The molecule has 0 aromatic heterocycles. The Hall–Kier alpha value is -0.530. The van der Waals surface area contributed by atoms with Crippen molar-refractivity contribution in [2.75, 3.05) is 0 Å². The molecule has 0 aromatic rings. The maximum Gasteiger partial charge on any atom is 0.309 e. The van der Waals surface area contributed by atoms with Crippen LogP contribution in [0.25, 0.3) is 0 Å². The van der Waals surface area contributed by atoms with E-state index in [0.717, 1.165) is 6.42 Å². The predicted octanol–water partition coefficient (Wildman–Crippen LogP) is 1.75. The third-order valence-electron chi connectivity index (χ3n) is 2.60. The molecule has 2 unspecified atom stereocenters. The fourth-order valence-electron chi connectivity index (χ4n) is 1.62. The summed E-state index contributed by atoms with van der Waals surface area (Å²) in [5.74, 6) is 0.289. The second-order valence-electron chi connectivity index (χ2n) is 3.78. The zero-order valence-electron chi connectivity index (χ0n) is 6.72. The van der Waals surface area contributed by atoms with Crippen molar-refractivity contribution in [3.8, 4) is 0 Å². The first-order valence-electron chi connectivity index (χ1n) is 3.72. The average molecular weight is 142 g/mol. The quantitative estimate of drug-likeness (QED) is 0.637. The first-order valence-corrected chi connectivity index (χ1v) is 3.72. The van der Waals surface area contributed by atoms with Crippen LogP contribution in [0.4, 0.5) is 0 Å². The number of rotatable bonds is 2.